The maximum atomic E-state index is 3.80. The lowest BCUT2D eigenvalue weighted by molar-refractivity contribution is 0.101. The van der Waals surface area contributed by atoms with Gasteiger partial charge >= 0.3 is 0 Å². The smallest absolute Gasteiger partial charge is 0.0113 e. The largest absolute Gasteiger partial charge is 0.313 e. The lowest BCUT2D eigenvalue weighted by atomic mass is 10.1. The Morgan fingerprint density at radius 1 is 1.00 bits per heavy atom. The summed E-state index contributed by atoms with van der Waals surface area (Å²) in [5.41, 5.74) is 0. The Labute approximate surface area is 126 Å². The summed E-state index contributed by atoms with van der Waals surface area (Å²) in [6, 6.07) is 1.57. The number of hydrogen-bond acceptors (Lipinski definition) is 3. The first kappa shape index (κ1) is 16.3. The van der Waals surface area contributed by atoms with Crippen molar-refractivity contribution in [3.05, 3.63) is 0 Å². The predicted molar refractivity (Wildman–Crippen MR) is 87.3 cm³/mol. The summed E-state index contributed by atoms with van der Waals surface area (Å²) in [6.45, 7) is 12.1. The summed E-state index contributed by atoms with van der Waals surface area (Å²) >= 11 is 0. The standard InChI is InChI=1S/C17H35N3/c1-3-16(2)20-14-12-19(13-15-20)11-10-18-17-8-6-4-5-7-9-17/h16-18H,3-15H2,1-2H3. The fraction of sp³-hybridized carbons (Fsp3) is 1.00. The zero-order valence-corrected chi connectivity index (χ0v) is 13.7. The zero-order valence-electron chi connectivity index (χ0n) is 13.7. The van der Waals surface area contributed by atoms with Gasteiger partial charge in [0, 0.05) is 51.4 Å². The van der Waals surface area contributed by atoms with E-state index in [1.165, 1.54) is 84.2 Å². The van der Waals surface area contributed by atoms with Crippen molar-refractivity contribution in [1.82, 2.24) is 15.1 Å². The fourth-order valence-electron chi connectivity index (χ4n) is 3.60. The molecule has 1 saturated carbocycles. The second kappa shape index (κ2) is 9.01. The van der Waals surface area contributed by atoms with Gasteiger partial charge in [-0.05, 0) is 26.2 Å². The van der Waals surface area contributed by atoms with Gasteiger partial charge in [-0.25, -0.2) is 0 Å². The summed E-state index contributed by atoms with van der Waals surface area (Å²) < 4.78 is 0. The molecule has 1 heterocycles. The minimum Gasteiger partial charge on any atom is -0.313 e. The SMILES string of the molecule is CCC(C)N1CCN(CCNC2CCCCCC2)CC1. The molecule has 3 heteroatoms. The van der Waals surface area contributed by atoms with E-state index in [2.05, 4.69) is 29.0 Å². The third kappa shape index (κ3) is 5.34. The molecule has 0 aromatic heterocycles. The van der Waals surface area contributed by atoms with Gasteiger partial charge in [0.25, 0.3) is 0 Å². The van der Waals surface area contributed by atoms with Gasteiger partial charge in [-0.2, -0.15) is 0 Å². The zero-order chi connectivity index (χ0) is 14.2. The first-order valence-corrected chi connectivity index (χ1v) is 8.99. The van der Waals surface area contributed by atoms with Crippen molar-refractivity contribution in [2.75, 3.05) is 39.3 Å². The van der Waals surface area contributed by atoms with Crippen molar-refractivity contribution in [2.45, 2.75) is 70.9 Å². The molecule has 0 spiro atoms. The molecule has 1 aliphatic heterocycles. The molecule has 2 rings (SSSR count). The quantitative estimate of drug-likeness (QED) is 0.755. The topological polar surface area (TPSA) is 18.5 Å². The molecule has 1 unspecified atom stereocenters. The van der Waals surface area contributed by atoms with Gasteiger partial charge in [-0.1, -0.05) is 32.6 Å². The molecule has 0 aromatic carbocycles. The second-order valence-electron chi connectivity index (χ2n) is 6.78. The molecule has 0 bridgehead atoms. The van der Waals surface area contributed by atoms with E-state index >= 15 is 0 Å². The summed E-state index contributed by atoms with van der Waals surface area (Å²) in [5.74, 6) is 0. The van der Waals surface area contributed by atoms with Crippen LogP contribution >= 0.6 is 0 Å². The summed E-state index contributed by atoms with van der Waals surface area (Å²) in [4.78, 5) is 5.29. The number of piperazine rings is 1. The van der Waals surface area contributed by atoms with Crippen LogP contribution in [0.4, 0.5) is 0 Å². The van der Waals surface area contributed by atoms with Gasteiger partial charge < -0.3 is 5.32 Å². The van der Waals surface area contributed by atoms with E-state index < -0.39 is 0 Å². The van der Waals surface area contributed by atoms with E-state index in [1.807, 2.05) is 0 Å². The highest BCUT2D eigenvalue weighted by molar-refractivity contribution is 4.77. The Hall–Kier alpha value is -0.120. The Morgan fingerprint density at radius 3 is 2.25 bits per heavy atom. The van der Waals surface area contributed by atoms with Crippen molar-refractivity contribution in [2.24, 2.45) is 0 Å². The third-order valence-electron chi connectivity index (χ3n) is 5.34. The minimum atomic E-state index is 0.765. The minimum absolute atomic E-state index is 0.765. The molecular weight excluding hydrogens is 246 g/mol. The molecule has 118 valence electrons. The Bertz CT molecular complexity index is 241. The van der Waals surface area contributed by atoms with Gasteiger partial charge in [0.05, 0.1) is 0 Å². The van der Waals surface area contributed by atoms with Crippen LogP contribution in [0, 0.1) is 0 Å². The Kier molecular flexibility index (Phi) is 7.32. The molecule has 0 amide bonds. The average Bonchev–Trinajstić information content (AvgIpc) is 2.76. The van der Waals surface area contributed by atoms with E-state index in [1.54, 1.807) is 0 Å². The Morgan fingerprint density at radius 2 is 1.65 bits per heavy atom. The first-order chi connectivity index (χ1) is 9.79. The van der Waals surface area contributed by atoms with Crippen molar-refractivity contribution in [3.63, 3.8) is 0 Å². The normalized spacial score (nSPS) is 25.5. The maximum Gasteiger partial charge on any atom is 0.0113 e. The molecule has 1 aliphatic carbocycles. The summed E-state index contributed by atoms with van der Waals surface area (Å²) in [7, 11) is 0. The Balaban J connectivity index is 1.56. The van der Waals surface area contributed by atoms with E-state index in [0.29, 0.717) is 0 Å². The molecule has 2 aliphatic rings. The van der Waals surface area contributed by atoms with Crippen LogP contribution in [-0.2, 0) is 0 Å². The van der Waals surface area contributed by atoms with E-state index in [4.69, 9.17) is 0 Å². The highest BCUT2D eigenvalue weighted by Gasteiger charge is 2.20. The number of nitrogens with zero attached hydrogens (tertiary/aromatic N) is 2. The van der Waals surface area contributed by atoms with Gasteiger partial charge in [0.2, 0.25) is 0 Å². The molecule has 20 heavy (non-hydrogen) atoms. The van der Waals surface area contributed by atoms with E-state index in [-0.39, 0.29) is 0 Å². The third-order valence-corrected chi connectivity index (χ3v) is 5.34. The van der Waals surface area contributed by atoms with Crippen molar-refractivity contribution in [1.29, 1.82) is 0 Å². The van der Waals surface area contributed by atoms with Crippen molar-refractivity contribution in [3.8, 4) is 0 Å². The summed E-state index contributed by atoms with van der Waals surface area (Å²) in [6.07, 6.45) is 9.87. The monoisotopic (exact) mass is 281 g/mol. The van der Waals surface area contributed by atoms with Crippen LogP contribution < -0.4 is 5.32 Å². The predicted octanol–water partition coefficient (Wildman–Crippen LogP) is 2.71. The van der Waals surface area contributed by atoms with Gasteiger partial charge in [0.1, 0.15) is 0 Å². The average molecular weight is 281 g/mol. The van der Waals surface area contributed by atoms with Crippen LogP contribution in [0.1, 0.15) is 58.8 Å². The fourth-order valence-corrected chi connectivity index (χ4v) is 3.60. The van der Waals surface area contributed by atoms with E-state index in [0.717, 1.165) is 12.1 Å². The lowest BCUT2D eigenvalue weighted by Crippen LogP contribution is -2.51. The lowest BCUT2D eigenvalue weighted by Gasteiger charge is -2.38. The molecule has 3 nitrogen and oxygen atoms in total. The van der Waals surface area contributed by atoms with Crippen LogP contribution in [0.15, 0.2) is 0 Å². The number of hydrogen-bond donors (Lipinski definition) is 1. The van der Waals surface area contributed by atoms with Crippen molar-refractivity contribution < 1.29 is 0 Å². The molecule has 1 atom stereocenters. The maximum absolute atomic E-state index is 3.80. The molecule has 2 fully saturated rings. The van der Waals surface area contributed by atoms with Crippen LogP contribution in [0.5, 0.6) is 0 Å². The van der Waals surface area contributed by atoms with Gasteiger partial charge in [-0.15, -0.1) is 0 Å². The highest BCUT2D eigenvalue weighted by atomic mass is 15.3. The molecule has 1 N–H and O–H groups in total. The van der Waals surface area contributed by atoms with E-state index in [9.17, 15) is 0 Å². The molecule has 1 saturated heterocycles. The van der Waals surface area contributed by atoms with Gasteiger partial charge in [0.15, 0.2) is 0 Å². The summed E-state index contributed by atoms with van der Waals surface area (Å²) in [5, 5.41) is 3.80. The van der Waals surface area contributed by atoms with Crippen LogP contribution in [0.3, 0.4) is 0 Å². The molecular formula is C17H35N3. The highest BCUT2D eigenvalue weighted by Crippen LogP contribution is 2.17. The number of nitrogens with one attached hydrogen (secondary N) is 1. The molecule has 0 radical (unpaired) electrons. The van der Waals surface area contributed by atoms with Crippen LogP contribution in [0.2, 0.25) is 0 Å². The second-order valence-corrected chi connectivity index (χ2v) is 6.78. The first-order valence-electron chi connectivity index (χ1n) is 8.99. The van der Waals surface area contributed by atoms with Crippen molar-refractivity contribution >= 4 is 0 Å². The van der Waals surface area contributed by atoms with Crippen LogP contribution in [-0.4, -0.2) is 61.2 Å². The van der Waals surface area contributed by atoms with Gasteiger partial charge in [-0.3, -0.25) is 9.80 Å². The molecule has 0 aromatic rings. The number of rotatable bonds is 6. The van der Waals surface area contributed by atoms with Crippen LogP contribution in [0.25, 0.3) is 0 Å².